The van der Waals surface area contributed by atoms with E-state index in [-0.39, 0.29) is 6.61 Å². The number of methoxy groups -OCH3 is 1. The van der Waals surface area contributed by atoms with Crippen molar-refractivity contribution in [3.63, 3.8) is 0 Å². The number of thioether (sulfide) groups is 1. The minimum Gasteiger partial charge on any atom is -0.490 e. The van der Waals surface area contributed by atoms with Crippen LogP contribution in [0.3, 0.4) is 0 Å². The van der Waals surface area contributed by atoms with Crippen LogP contribution in [0.4, 0.5) is 5.69 Å². The third-order valence-electron chi connectivity index (χ3n) is 2.66. The summed E-state index contributed by atoms with van der Waals surface area (Å²) in [4.78, 5) is 11.9. The van der Waals surface area contributed by atoms with E-state index in [0.29, 0.717) is 0 Å². The number of benzene rings is 1. The van der Waals surface area contributed by atoms with Gasteiger partial charge in [0.15, 0.2) is 0 Å². The van der Waals surface area contributed by atoms with Gasteiger partial charge in [-0.3, -0.25) is 0 Å². The number of carboxylic acid groups (broad SMARTS) is 1. The summed E-state index contributed by atoms with van der Waals surface area (Å²) in [6, 6.07) is 8.27. The average Bonchev–Trinajstić information content (AvgIpc) is 2.55. The van der Waals surface area contributed by atoms with Crippen LogP contribution >= 0.6 is 11.8 Å². The lowest BCUT2D eigenvalue weighted by atomic mass is 10.2. The van der Waals surface area contributed by atoms with Crippen molar-refractivity contribution in [2.75, 3.05) is 50.3 Å². The summed E-state index contributed by atoms with van der Waals surface area (Å²) in [5.74, 6) is 1.27. The van der Waals surface area contributed by atoms with Crippen LogP contribution in [0.15, 0.2) is 24.3 Å². The average molecular weight is 329 g/mol. The highest BCUT2D eigenvalue weighted by molar-refractivity contribution is 7.98. The molecule has 1 aromatic carbocycles. The minimum atomic E-state index is -0.933. The number of nitrogens with zero attached hydrogens (tertiary/aromatic N) is 1. The first kappa shape index (κ1) is 20.6. The molecule has 0 bridgehead atoms. The molecule has 22 heavy (non-hydrogen) atoms. The fourth-order valence-electron chi connectivity index (χ4n) is 1.78. The Morgan fingerprint density at radius 1 is 1.41 bits per heavy atom. The van der Waals surface area contributed by atoms with Gasteiger partial charge in [0, 0.05) is 19.4 Å². The van der Waals surface area contributed by atoms with Crippen molar-refractivity contribution in [3.8, 4) is 5.75 Å². The van der Waals surface area contributed by atoms with Gasteiger partial charge in [-0.2, -0.15) is 11.8 Å². The Balaban J connectivity index is 0.000000470. The van der Waals surface area contributed by atoms with Crippen LogP contribution < -0.4 is 9.64 Å². The number of anilines is 1. The molecular weight excluding hydrogens is 302 g/mol. The van der Waals surface area contributed by atoms with Gasteiger partial charge in [-0.05, 0) is 18.4 Å². The van der Waals surface area contributed by atoms with Crippen molar-refractivity contribution < 1.29 is 19.4 Å². The van der Waals surface area contributed by atoms with Crippen LogP contribution in [0.5, 0.6) is 5.75 Å². The quantitative estimate of drug-likeness (QED) is 0.896. The lowest BCUT2D eigenvalue weighted by Crippen LogP contribution is -2.34. The molecule has 0 radical (unpaired) electrons. The molecule has 1 aliphatic rings. The summed E-state index contributed by atoms with van der Waals surface area (Å²) in [5.41, 5.74) is 1.24. The van der Waals surface area contributed by atoms with Gasteiger partial charge in [-0.15, -0.1) is 0 Å². The van der Waals surface area contributed by atoms with Crippen molar-refractivity contribution in [3.05, 3.63) is 24.3 Å². The number of carboxylic acids is 1. The fourth-order valence-corrected chi connectivity index (χ4v) is 2.19. The van der Waals surface area contributed by atoms with E-state index < -0.39 is 5.97 Å². The molecule has 0 spiro atoms. The Morgan fingerprint density at radius 2 is 2.09 bits per heavy atom. The first-order valence-corrected chi connectivity index (χ1v) is 8.75. The largest absolute Gasteiger partial charge is 0.490 e. The maximum absolute atomic E-state index is 9.47. The molecule has 0 aromatic heterocycles. The molecule has 0 atom stereocenters. The summed E-state index contributed by atoms with van der Waals surface area (Å²) in [5, 5.41) is 7.79. The molecular formula is C16H27NO4S. The highest BCUT2D eigenvalue weighted by Gasteiger charge is 2.16. The second kappa shape index (κ2) is 13.3. The zero-order valence-electron chi connectivity index (χ0n) is 13.9. The number of ether oxygens (including phenoxy) is 2. The summed E-state index contributed by atoms with van der Waals surface area (Å²) in [7, 11) is 1.34. The number of para-hydroxylation sites is 2. The summed E-state index contributed by atoms with van der Waals surface area (Å²) >= 11 is 1.89. The lowest BCUT2D eigenvalue weighted by Gasteiger charge is -2.30. The molecule has 1 aliphatic heterocycles. The van der Waals surface area contributed by atoms with Gasteiger partial charge >= 0.3 is 5.97 Å². The van der Waals surface area contributed by atoms with E-state index in [9.17, 15) is 4.79 Å². The number of fused-ring (bicyclic) bond motifs is 1. The molecule has 1 heterocycles. The molecule has 1 aromatic rings. The molecule has 0 aliphatic carbocycles. The predicted molar refractivity (Wildman–Crippen MR) is 93.4 cm³/mol. The summed E-state index contributed by atoms with van der Waals surface area (Å²) in [6.45, 7) is 6.73. The molecule has 0 unspecified atom stereocenters. The van der Waals surface area contributed by atoms with Crippen molar-refractivity contribution in [1.29, 1.82) is 0 Å². The first-order valence-electron chi connectivity index (χ1n) is 7.35. The van der Waals surface area contributed by atoms with Gasteiger partial charge < -0.3 is 19.5 Å². The third kappa shape index (κ3) is 8.14. The Bertz CT molecular complexity index is 415. The van der Waals surface area contributed by atoms with E-state index in [1.54, 1.807) is 0 Å². The van der Waals surface area contributed by atoms with Crippen LogP contribution in [0.2, 0.25) is 0 Å². The van der Waals surface area contributed by atoms with Crippen molar-refractivity contribution in [1.82, 2.24) is 0 Å². The van der Waals surface area contributed by atoms with E-state index in [4.69, 9.17) is 9.84 Å². The molecule has 2 rings (SSSR count). The predicted octanol–water partition coefficient (Wildman–Crippen LogP) is 2.99. The standard InChI is InChI=1S/C11H15NOS.C3H6O3.C2H6/c1-14-9-7-12-6-8-13-11-5-3-2-4-10(11)12;1-6-2-3(4)5;1-2/h2-5H,6-9H2,1H3;2H2,1H3,(H,4,5);1-2H3. The summed E-state index contributed by atoms with van der Waals surface area (Å²) in [6.07, 6.45) is 2.15. The Hall–Kier alpha value is -1.40. The third-order valence-corrected chi connectivity index (χ3v) is 3.25. The van der Waals surface area contributed by atoms with Gasteiger partial charge in [0.1, 0.15) is 19.0 Å². The second-order valence-electron chi connectivity index (χ2n) is 4.12. The normalized spacial score (nSPS) is 11.9. The summed E-state index contributed by atoms with van der Waals surface area (Å²) < 4.78 is 9.79. The van der Waals surface area contributed by atoms with Crippen molar-refractivity contribution in [2.24, 2.45) is 0 Å². The van der Waals surface area contributed by atoms with Crippen LogP contribution in [0.25, 0.3) is 0 Å². The molecule has 0 saturated carbocycles. The SMILES string of the molecule is CC.COCC(=O)O.CSCCN1CCOc2ccccc21. The number of hydrogen-bond donors (Lipinski definition) is 1. The van der Waals surface area contributed by atoms with Gasteiger partial charge in [-0.25, -0.2) is 4.79 Å². The minimum absolute atomic E-state index is 0.208. The highest BCUT2D eigenvalue weighted by atomic mass is 32.2. The lowest BCUT2D eigenvalue weighted by molar-refractivity contribution is -0.141. The molecule has 5 nitrogen and oxygen atoms in total. The maximum Gasteiger partial charge on any atom is 0.329 e. The topological polar surface area (TPSA) is 59.0 Å². The van der Waals surface area contributed by atoms with Crippen LogP contribution in [0, 0.1) is 0 Å². The van der Waals surface area contributed by atoms with E-state index in [2.05, 4.69) is 28.0 Å². The van der Waals surface area contributed by atoms with E-state index >= 15 is 0 Å². The number of carbonyl (C=O) groups is 1. The van der Waals surface area contributed by atoms with E-state index in [1.165, 1.54) is 18.6 Å². The molecule has 0 saturated heterocycles. The first-order chi connectivity index (χ1) is 10.7. The monoisotopic (exact) mass is 329 g/mol. The zero-order chi connectivity index (χ0) is 16.8. The number of rotatable bonds is 5. The van der Waals surface area contributed by atoms with Gasteiger partial charge in [0.05, 0.1) is 12.2 Å². The fraction of sp³-hybridized carbons (Fsp3) is 0.562. The molecule has 0 fully saturated rings. The van der Waals surface area contributed by atoms with Crippen LogP contribution in [-0.4, -0.2) is 56.5 Å². The highest BCUT2D eigenvalue weighted by Crippen LogP contribution is 2.30. The van der Waals surface area contributed by atoms with Gasteiger partial charge in [-0.1, -0.05) is 26.0 Å². The zero-order valence-corrected chi connectivity index (χ0v) is 14.7. The van der Waals surface area contributed by atoms with Gasteiger partial charge in [0.25, 0.3) is 0 Å². The van der Waals surface area contributed by atoms with Crippen molar-refractivity contribution >= 4 is 23.4 Å². The maximum atomic E-state index is 9.47. The van der Waals surface area contributed by atoms with E-state index in [0.717, 1.165) is 25.4 Å². The van der Waals surface area contributed by atoms with Crippen molar-refractivity contribution in [2.45, 2.75) is 13.8 Å². The molecule has 0 amide bonds. The Morgan fingerprint density at radius 3 is 2.64 bits per heavy atom. The number of hydrogen-bond acceptors (Lipinski definition) is 5. The second-order valence-corrected chi connectivity index (χ2v) is 5.11. The molecule has 6 heteroatoms. The molecule has 1 N–H and O–H groups in total. The Labute approximate surface area is 137 Å². The van der Waals surface area contributed by atoms with E-state index in [1.807, 2.05) is 37.7 Å². The van der Waals surface area contributed by atoms with Gasteiger partial charge in [0.2, 0.25) is 0 Å². The van der Waals surface area contributed by atoms with Crippen LogP contribution in [-0.2, 0) is 9.53 Å². The number of aliphatic carboxylic acids is 1. The molecule has 126 valence electrons. The Kier molecular flexibility index (Phi) is 12.4. The smallest absolute Gasteiger partial charge is 0.329 e. The van der Waals surface area contributed by atoms with Crippen LogP contribution in [0.1, 0.15) is 13.8 Å².